The number of amides is 6. The molecule has 738 valence electrons. The van der Waals surface area contributed by atoms with Crippen molar-refractivity contribution < 1.29 is 57.2 Å². The van der Waals surface area contributed by atoms with Crippen molar-refractivity contribution in [3.63, 3.8) is 0 Å². The molecule has 0 aliphatic rings. The highest BCUT2D eigenvalue weighted by Gasteiger charge is 2.20. The average molecular weight is 2270 g/mol. The molecule has 12 heterocycles. The molecule has 0 radical (unpaired) electrons. The second-order valence-corrected chi connectivity index (χ2v) is 41.9. The number of thiophene rings is 6. The van der Waals surface area contributed by atoms with E-state index in [9.17, 15) is 28.8 Å². The van der Waals surface area contributed by atoms with Gasteiger partial charge < -0.3 is 28.4 Å². The van der Waals surface area contributed by atoms with Gasteiger partial charge in [-0.05, 0) is 253 Å². The molecule has 144 heavy (non-hydrogen) atoms. The van der Waals surface area contributed by atoms with E-state index in [1.165, 1.54) is 0 Å². The third-order valence-electron chi connectivity index (χ3n) is 18.1. The number of nitrogens with zero attached hydrogens (tertiary/aromatic N) is 12. The summed E-state index contributed by atoms with van der Waals surface area (Å²) >= 11 is 51.5. The van der Waals surface area contributed by atoms with Crippen molar-refractivity contribution in [2.75, 3.05) is 71.5 Å². The molecule has 0 aliphatic heterocycles. The Hall–Kier alpha value is -12.5. The second-order valence-electron chi connectivity index (χ2n) is 29.0. The molecule has 19 aromatic rings. The predicted molar refractivity (Wildman–Crippen MR) is 588 cm³/mol. The van der Waals surface area contributed by atoms with Gasteiger partial charge in [-0.3, -0.25) is 60.7 Å². The first-order valence-electron chi connectivity index (χ1n) is 42.1. The molecule has 48 heteroatoms. The molecule has 6 N–H and O–H groups in total. The van der Waals surface area contributed by atoms with Crippen molar-refractivity contribution in [1.29, 1.82) is 0 Å². The van der Waals surface area contributed by atoms with Gasteiger partial charge in [0.15, 0.2) is 74.6 Å². The van der Waals surface area contributed by atoms with Crippen LogP contribution in [0.3, 0.4) is 0 Å². The molecule has 0 fully saturated rings. The molecular weight excluding hydrogens is 2190 g/mol. The van der Waals surface area contributed by atoms with Crippen molar-refractivity contribution in [3.8, 4) is 98.7 Å². The number of ether oxygens (including phenoxy) is 6. The summed E-state index contributed by atoms with van der Waals surface area (Å²) < 4.78 is 58.3. The third kappa shape index (κ3) is 35.5. The summed E-state index contributed by atoms with van der Waals surface area (Å²) in [4.78, 5) is 103. The van der Waals surface area contributed by atoms with Gasteiger partial charge in [-0.25, -0.2) is 0 Å². The molecule has 0 spiro atoms. The van der Waals surface area contributed by atoms with Gasteiger partial charge in [-0.1, -0.05) is 142 Å². The van der Waals surface area contributed by atoms with E-state index in [1.54, 1.807) is 177 Å². The summed E-state index contributed by atoms with van der Waals surface area (Å²) in [5, 5.41) is 34.4. The Morgan fingerprint density at radius 1 is 0.222 bits per heavy atom. The lowest BCUT2D eigenvalue weighted by Gasteiger charge is -2.08. The van der Waals surface area contributed by atoms with Gasteiger partial charge in [-0.2, -0.15) is 56.1 Å². The monoisotopic (exact) mass is 2270 g/mol. The minimum Gasteiger partial charge on any atom is -0.483 e. The van der Waals surface area contributed by atoms with Crippen LogP contribution in [0, 0.1) is 41.5 Å². The van der Waals surface area contributed by atoms with Gasteiger partial charge in [0.05, 0.1) is 29.3 Å². The lowest BCUT2D eigenvalue weighted by molar-refractivity contribution is -0.118. The Kier molecular flexibility index (Phi) is 42.3. The van der Waals surface area contributed by atoms with E-state index in [4.69, 9.17) is 98.0 Å². The summed E-state index contributed by atoms with van der Waals surface area (Å²) in [6.45, 7) is 10.6. The van der Waals surface area contributed by atoms with Gasteiger partial charge in [-0.15, -0.1) is 68.0 Å². The molecule has 0 bridgehead atoms. The van der Waals surface area contributed by atoms with Gasteiger partial charge in [0.25, 0.3) is 35.4 Å². The SMILES string of the molecule is Cc1cc(Cl)ccc1OCC(=O)Nc1nc(-c2cccs2)ns1.Cc1cc(Cl)ccc1OCC(=O)Nc1nc(-c2cccs2)ns1.Cc1cc(Cl)ccc1OCC(=O)Nc1nc(-c2cccs2)ns1.Cc1cc(Cl)ccc1OCC(=O)Nc1nc(-c2cccs2)ns1.Cc1cc(Cl)ccc1OCC(=O)Nc1nc(-c2cccs2)ns1.Cc1cc(Cl)ccc1OCC(=O)Nc1nc(-c2cccs2)ns1.c1ccccc1. The number of carbonyl (C=O) groups is 6. The zero-order chi connectivity index (χ0) is 102. The third-order valence-corrected chi connectivity index (χ3v) is 28.5. The molecule has 7 aromatic carbocycles. The van der Waals surface area contributed by atoms with Gasteiger partial charge >= 0.3 is 0 Å². The number of aryl methyl sites for hydroxylation is 6. The first-order valence-corrected chi connectivity index (χ1v) is 54.3. The largest absolute Gasteiger partial charge is 0.483 e. The highest BCUT2D eigenvalue weighted by Crippen LogP contribution is 2.35. The van der Waals surface area contributed by atoms with E-state index in [2.05, 4.69) is 88.0 Å². The van der Waals surface area contributed by atoms with Crippen molar-refractivity contribution in [3.05, 3.63) is 314 Å². The van der Waals surface area contributed by atoms with Crippen LogP contribution in [-0.4, -0.2) is 131 Å². The lowest BCUT2D eigenvalue weighted by atomic mass is 10.2. The number of halogens is 6. The number of rotatable bonds is 30. The maximum Gasteiger partial charge on any atom is 0.264 e. The van der Waals surface area contributed by atoms with Gasteiger partial charge in [0.1, 0.15) is 34.5 Å². The minimum atomic E-state index is -0.284. The van der Waals surface area contributed by atoms with Crippen LogP contribution in [-0.2, 0) is 28.8 Å². The number of carbonyl (C=O) groups excluding carboxylic acids is 6. The molecule has 0 atom stereocenters. The Labute approximate surface area is 903 Å². The minimum absolute atomic E-state index is 0.101. The fourth-order valence-corrected chi connectivity index (χ4v) is 20.8. The quantitative estimate of drug-likeness (QED) is 0.0243. The highest BCUT2D eigenvalue weighted by molar-refractivity contribution is 7.17. The maximum atomic E-state index is 11.9. The second kappa shape index (κ2) is 56.1. The number of anilines is 6. The van der Waals surface area contributed by atoms with Crippen LogP contribution >= 0.6 is 207 Å². The van der Waals surface area contributed by atoms with Crippen molar-refractivity contribution in [2.24, 2.45) is 0 Å². The van der Waals surface area contributed by atoms with Crippen LogP contribution in [0.2, 0.25) is 30.1 Å². The lowest BCUT2D eigenvalue weighted by Crippen LogP contribution is -2.20. The number of hydrogen-bond donors (Lipinski definition) is 6. The van der Waals surface area contributed by atoms with E-state index in [0.29, 0.717) is 130 Å². The molecule has 19 rings (SSSR count). The molecule has 0 aliphatic carbocycles. The standard InChI is InChI=1S/6C15H12ClN3O2S2.C6H6/c6*1-9-7-10(16)4-5-11(9)21-8-13(20)17-15-18-14(19-23-15)12-3-2-6-22-12;1-2-4-6-5-3-1/h6*2-7H,8H2,1H3,(H,17,18,19,20);1-6H. The number of hydrogen-bond acceptors (Lipinski definition) is 36. The van der Waals surface area contributed by atoms with Crippen LogP contribution in [0.1, 0.15) is 33.4 Å². The number of benzene rings is 7. The van der Waals surface area contributed by atoms with Crippen molar-refractivity contribution in [1.82, 2.24) is 56.1 Å². The molecule has 0 unspecified atom stereocenters. The fourth-order valence-electron chi connectivity index (χ4n) is 11.5. The molecule has 0 saturated carbocycles. The van der Waals surface area contributed by atoms with E-state index < -0.39 is 0 Å². The average Bonchev–Trinajstić information content (AvgIpc) is 1.74. The van der Waals surface area contributed by atoms with Gasteiger partial charge in [0, 0.05) is 99.3 Å². The zero-order valence-corrected chi connectivity index (χ0v) is 90.3. The maximum absolute atomic E-state index is 11.9. The summed E-state index contributed by atoms with van der Waals surface area (Å²) in [5.74, 6) is 5.77. The highest BCUT2D eigenvalue weighted by atomic mass is 35.5. The molecule has 6 amide bonds. The summed E-state index contributed by atoms with van der Waals surface area (Å²) in [6.07, 6.45) is 0. The number of aromatic nitrogens is 12. The van der Waals surface area contributed by atoms with Crippen molar-refractivity contribution in [2.45, 2.75) is 41.5 Å². The molecule has 0 saturated heterocycles. The molecular formula is C96H78Cl6N18O12S12. The normalized spacial score (nSPS) is 10.4. The summed E-state index contributed by atoms with van der Waals surface area (Å²) in [7, 11) is 0. The van der Waals surface area contributed by atoms with Crippen molar-refractivity contribution >= 4 is 273 Å². The first kappa shape index (κ1) is 109. The van der Waals surface area contributed by atoms with E-state index in [-0.39, 0.29) is 75.1 Å². The van der Waals surface area contributed by atoms with Gasteiger partial charge in [0.2, 0.25) is 30.8 Å². The smallest absolute Gasteiger partial charge is 0.264 e. The topological polar surface area (TPSA) is 385 Å². The Balaban J connectivity index is 0.000000143. The Bertz CT molecular complexity index is 6250. The summed E-state index contributed by atoms with van der Waals surface area (Å²) in [6, 6.07) is 66.7. The zero-order valence-electron chi connectivity index (χ0n) is 75.9. The van der Waals surface area contributed by atoms with Crippen LogP contribution in [0.15, 0.2) is 251 Å². The summed E-state index contributed by atoms with van der Waals surface area (Å²) in [5.41, 5.74) is 5.26. The molecule has 30 nitrogen and oxygen atoms in total. The first-order chi connectivity index (χ1) is 69.7. The van der Waals surface area contributed by atoms with Crippen LogP contribution in [0.5, 0.6) is 34.5 Å². The van der Waals surface area contributed by atoms with E-state index in [0.717, 1.165) is 132 Å². The number of nitrogens with one attached hydrogen (secondary N) is 6. The predicted octanol–water partition coefficient (Wildman–Crippen LogP) is 27.2. The Morgan fingerprint density at radius 3 is 0.493 bits per heavy atom. The van der Waals surface area contributed by atoms with Crippen LogP contribution in [0.25, 0.3) is 64.2 Å². The molecule has 12 aromatic heterocycles. The van der Waals surface area contributed by atoms with Crippen LogP contribution < -0.4 is 60.3 Å². The van der Waals surface area contributed by atoms with Crippen LogP contribution in [0.4, 0.5) is 30.8 Å². The fraction of sp³-hybridized carbons (Fsp3) is 0.125. The van der Waals surface area contributed by atoms with E-state index in [1.807, 2.05) is 183 Å². The van der Waals surface area contributed by atoms with E-state index >= 15 is 0 Å². The Morgan fingerprint density at radius 2 is 0.368 bits per heavy atom.